The van der Waals surface area contributed by atoms with Gasteiger partial charge in [0.1, 0.15) is 11.9 Å². The number of phenols is 1. The maximum atomic E-state index is 10.6. The normalized spacial score (nSPS) is 24.9. The van der Waals surface area contributed by atoms with Gasteiger partial charge in [0.05, 0.1) is 18.5 Å². The molecule has 1 aromatic carbocycles. The van der Waals surface area contributed by atoms with Crippen LogP contribution in [-0.4, -0.2) is 56.5 Å². The Morgan fingerprint density at radius 1 is 1.22 bits per heavy atom. The molecule has 2 fully saturated rings. The summed E-state index contributed by atoms with van der Waals surface area (Å²) in [7, 11) is 3.62. The topological polar surface area (TPSA) is 94.3 Å². The maximum Gasteiger partial charge on any atom is 0.233 e. The number of hydrogen-bond acceptors (Lipinski definition) is 7. The van der Waals surface area contributed by atoms with Crippen LogP contribution in [0.25, 0.3) is 22.4 Å². The van der Waals surface area contributed by atoms with Crippen LogP contribution >= 0.6 is 0 Å². The van der Waals surface area contributed by atoms with Gasteiger partial charge in [-0.2, -0.15) is 5.10 Å². The average molecular weight is 436 g/mol. The Hall–Kier alpha value is -2.97. The van der Waals surface area contributed by atoms with Gasteiger partial charge in [-0.25, -0.2) is 0 Å². The average Bonchev–Trinajstić information content (AvgIpc) is 3.20. The van der Waals surface area contributed by atoms with Gasteiger partial charge in [0.15, 0.2) is 0 Å². The molecular formula is C24H29N5O3. The number of nitrogens with zero attached hydrogens (tertiary/aromatic N) is 4. The van der Waals surface area contributed by atoms with Crippen LogP contribution in [0.15, 0.2) is 42.7 Å². The first kappa shape index (κ1) is 20.9. The molecule has 0 amide bonds. The van der Waals surface area contributed by atoms with Crippen LogP contribution in [0.4, 0.5) is 0 Å². The molecule has 8 nitrogen and oxygen atoms in total. The van der Waals surface area contributed by atoms with Crippen molar-refractivity contribution in [1.29, 1.82) is 0 Å². The molecule has 4 heterocycles. The van der Waals surface area contributed by atoms with Gasteiger partial charge in [0.2, 0.25) is 5.88 Å². The summed E-state index contributed by atoms with van der Waals surface area (Å²) in [4.78, 5) is 0. The number of methoxy groups -OCH3 is 1. The van der Waals surface area contributed by atoms with E-state index in [0.717, 1.165) is 30.4 Å². The molecule has 0 radical (unpaired) electrons. The zero-order chi connectivity index (χ0) is 22.1. The Bertz CT molecular complexity index is 1080. The van der Waals surface area contributed by atoms with Crippen LogP contribution in [0, 0.1) is 0 Å². The highest BCUT2D eigenvalue weighted by molar-refractivity contribution is 5.73. The van der Waals surface area contributed by atoms with Crippen LogP contribution in [0.5, 0.6) is 11.6 Å². The minimum Gasteiger partial charge on any atom is -0.507 e. The van der Waals surface area contributed by atoms with Crippen LogP contribution in [-0.2, 0) is 11.8 Å². The van der Waals surface area contributed by atoms with Crippen molar-refractivity contribution in [2.75, 3.05) is 13.7 Å². The number of fused-ring (bicyclic) bond motifs is 2. The van der Waals surface area contributed by atoms with Gasteiger partial charge in [0, 0.05) is 55.5 Å². The molecule has 5 rings (SSSR count). The number of rotatable bonds is 6. The third-order valence-electron chi connectivity index (χ3n) is 6.54. The fourth-order valence-corrected chi connectivity index (χ4v) is 5.17. The lowest BCUT2D eigenvalue weighted by atomic mass is 9.75. The number of piperidine rings is 2. The molecule has 0 spiro atoms. The van der Waals surface area contributed by atoms with E-state index in [1.54, 1.807) is 24.1 Å². The van der Waals surface area contributed by atoms with Crippen molar-refractivity contribution in [3.05, 3.63) is 42.7 Å². The molecular weight excluding hydrogens is 406 g/mol. The van der Waals surface area contributed by atoms with Gasteiger partial charge in [0.25, 0.3) is 0 Å². The maximum absolute atomic E-state index is 10.6. The number of nitrogens with one attached hydrogen (secondary N) is 1. The molecule has 3 atom stereocenters. The molecule has 32 heavy (non-hydrogen) atoms. The number of aromatic hydroxyl groups is 1. The minimum absolute atomic E-state index is 0.00420. The summed E-state index contributed by atoms with van der Waals surface area (Å²) in [6.45, 7) is 0.697. The number of benzene rings is 1. The fourth-order valence-electron chi connectivity index (χ4n) is 5.17. The molecule has 1 unspecified atom stereocenters. The summed E-state index contributed by atoms with van der Waals surface area (Å²) in [5.74, 6) is 0.666. The SMILES string of the molecule is COC[C@]12CCCC(C[C@@H](Oc3ccc(-c4ccc(-c5cnn(C)c5)cc4O)nn3)C1)N2. The minimum atomic E-state index is -0.00420. The quantitative estimate of drug-likeness (QED) is 0.613. The highest BCUT2D eigenvalue weighted by atomic mass is 16.5. The van der Waals surface area contributed by atoms with Crippen LogP contribution in [0.2, 0.25) is 0 Å². The van der Waals surface area contributed by atoms with E-state index in [0.29, 0.717) is 29.8 Å². The van der Waals surface area contributed by atoms with E-state index in [1.807, 2.05) is 37.5 Å². The van der Waals surface area contributed by atoms with Gasteiger partial charge in [-0.15, -0.1) is 10.2 Å². The zero-order valence-corrected chi connectivity index (χ0v) is 18.5. The molecule has 2 aliphatic heterocycles. The van der Waals surface area contributed by atoms with Gasteiger partial charge < -0.3 is 19.9 Å². The van der Waals surface area contributed by atoms with E-state index < -0.39 is 0 Å². The van der Waals surface area contributed by atoms with E-state index in [1.165, 1.54) is 12.8 Å². The Morgan fingerprint density at radius 3 is 2.84 bits per heavy atom. The summed E-state index contributed by atoms with van der Waals surface area (Å²) < 4.78 is 13.5. The van der Waals surface area contributed by atoms with Crippen molar-refractivity contribution in [2.45, 2.75) is 49.8 Å². The molecule has 2 aliphatic rings. The number of aryl methyl sites for hydroxylation is 1. The molecule has 8 heteroatoms. The smallest absolute Gasteiger partial charge is 0.233 e. The Balaban J connectivity index is 1.29. The number of phenolic OH excluding ortho intramolecular Hbond substituents is 1. The molecule has 2 N–H and O–H groups in total. The summed E-state index contributed by atoms with van der Waals surface area (Å²) in [5, 5.41) is 27.1. The monoisotopic (exact) mass is 435 g/mol. The van der Waals surface area contributed by atoms with E-state index in [9.17, 15) is 5.11 Å². The number of ether oxygens (including phenoxy) is 2. The predicted octanol–water partition coefficient (Wildman–Crippen LogP) is 3.32. The van der Waals surface area contributed by atoms with Crippen LogP contribution < -0.4 is 10.1 Å². The van der Waals surface area contributed by atoms with Crippen molar-refractivity contribution in [3.8, 4) is 34.0 Å². The first-order chi connectivity index (χ1) is 15.5. The lowest BCUT2D eigenvalue weighted by Crippen LogP contribution is -2.62. The molecule has 2 bridgehead atoms. The van der Waals surface area contributed by atoms with E-state index >= 15 is 0 Å². The van der Waals surface area contributed by atoms with E-state index in [2.05, 4.69) is 20.6 Å². The largest absolute Gasteiger partial charge is 0.507 e. The van der Waals surface area contributed by atoms with Gasteiger partial charge in [-0.1, -0.05) is 6.07 Å². The Kier molecular flexibility index (Phi) is 5.57. The second kappa shape index (κ2) is 8.52. The van der Waals surface area contributed by atoms with Crippen molar-refractivity contribution >= 4 is 0 Å². The second-order valence-corrected chi connectivity index (χ2v) is 9.02. The fraction of sp³-hybridized carbons (Fsp3) is 0.458. The Labute approximate surface area is 187 Å². The molecule has 0 aliphatic carbocycles. The Morgan fingerprint density at radius 2 is 2.12 bits per heavy atom. The first-order valence-corrected chi connectivity index (χ1v) is 11.1. The highest BCUT2D eigenvalue weighted by Crippen LogP contribution is 2.36. The molecule has 0 saturated carbocycles. The molecule has 2 saturated heterocycles. The lowest BCUT2D eigenvalue weighted by molar-refractivity contribution is -0.00454. The van der Waals surface area contributed by atoms with E-state index in [4.69, 9.17) is 9.47 Å². The summed E-state index contributed by atoms with van der Waals surface area (Å²) in [5.41, 5.74) is 3.07. The highest BCUT2D eigenvalue weighted by Gasteiger charge is 2.43. The zero-order valence-electron chi connectivity index (χ0n) is 18.5. The summed E-state index contributed by atoms with van der Waals surface area (Å²) >= 11 is 0. The first-order valence-electron chi connectivity index (χ1n) is 11.1. The third kappa shape index (κ3) is 4.20. The van der Waals surface area contributed by atoms with Crippen molar-refractivity contribution in [1.82, 2.24) is 25.3 Å². The van der Waals surface area contributed by atoms with Crippen molar-refractivity contribution in [2.24, 2.45) is 7.05 Å². The van der Waals surface area contributed by atoms with E-state index in [-0.39, 0.29) is 17.4 Å². The summed E-state index contributed by atoms with van der Waals surface area (Å²) in [6, 6.07) is 9.65. The third-order valence-corrected chi connectivity index (χ3v) is 6.54. The number of aromatic nitrogens is 4. The summed E-state index contributed by atoms with van der Waals surface area (Å²) in [6.07, 6.45) is 9.14. The second-order valence-electron chi connectivity index (χ2n) is 9.02. The van der Waals surface area contributed by atoms with Gasteiger partial charge >= 0.3 is 0 Å². The van der Waals surface area contributed by atoms with Gasteiger partial charge in [-0.3, -0.25) is 4.68 Å². The number of hydrogen-bond donors (Lipinski definition) is 2. The predicted molar refractivity (Wildman–Crippen MR) is 120 cm³/mol. The molecule has 2 aromatic heterocycles. The van der Waals surface area contributed by atoms with Crippen LogP contribution in [0.1, 0.15) is 32.1 Å². The standard InChI is InChI=1S/C24H29N5O3/c1-29-14-17(13-25-29)16-5-6-20(22(30)10-16)21-7-8-23(28-27-21)32-19-11-18-4-3-9-24(12-19,26-18)15-31-2/h5-8,10,13-14,18-19,26,30H,3-4,9,11-12,15H2,1-2H3/t18?,19-,24+/m1/s1. The lowest BCUT2D eigenvalue weighted by Gasteiger charge is -2.48. The van der Waals surface area contributed by atoms with Crippen molar-refractivity contribution < 1.29 is 14.6 Å². The molecule has 3 aromatic rings. The van der Waals surface area contributed by atoms with Crippen molar-refractivity contribution in [3.63, 3.8) is 0 Å². The molecule has 168 valence electrons. The van der Waals surface area contributed by atoms with Gasteiger partial charge in [-0.05, 0) is 49.4 Å². The van der Waals surface area contributed by atoms with Crippen LogP contribution in [0.3, 0.4) is 0 Å².